The normalized spacial score (nSPS) is 51.8. The summed E-state index contributed by atoms with van der Waals surface area (Å²) in [4.78, 5) is 0. The first kappa shape index (κ1) is 11.8. The quantitative estimate of drug-likeness (QED) is 0.782. The summed E-state index contributed by atoms with van der Waals surface area (Å²) in [5, 5.41) is 3.56. The Bertz CT molecular complexity index is 302. The molecule has 1 N–H and O–H groups in total. The fourth-order valence-corrected chi connectivity index (χ4v) is 6.66. The smallest absolute Gasteiger partial charge is 0.00462 e. The minimum atomic E-state index is 0.805. The van der Waals surface area contributed by atoms with Crippen LogP contribution in [0.15, 0.2) is 0 Å². The predicted octanol–water partition coefficient (Wildman–Crippen LogP) is 3.84. The van der Waals surface area contributed by atoms with Crippen LogP contribution in [0, 0.1) is 35.0 Å². The molecule has 0 aromatic heterocycles. The second-order valence-electron chi connectivity index (χ2n) is 7.99. The lowest BCUT2D eigenvalue weighted by molar-refractivity contribution is -0.118. The van der Waals surface area contributed by atoms with Gasteiger partial charge in [-0.1, -0.05) is 13.3 Å². The Hall–Kier alpha value is -0.0400. The highest BCUT2D eigenvalue weighted by atomic mass is 14.9. The molecular weight excluding hydrogens is 218 g/mol. The Labute approximate surface area is 112 Å². The molecule has 1 saturated heterocycles. The highest BCUT2D eigenvalue weighted by Crippen LogP contribution is 2.65. The molecule has 1 aliphatic heterocycles. The van der Waals surface area contributed by atoms with Crippen LogP contribution in [0.3, 0.4) is 0 Å². The summed E-state index contributed by atoms with van der Waals surface area (Å²) >= 11 is 0. The molecule has 5 aliphatic rings. The van der Waals surface area contributed by atoms with E-state index < -0.39 is 0 Å². The van der Waals surface area contributed by atoms with Crippen molar-refractivity contribution in [1.29, 1.82) is 0 Å². The van der Waals surface area contributed by atoms with Crippen molar-refractivity contribution in [2.24, 2.45) is 35.0 Å². The second kappa shape index (κ2) is 4.23. The van der Waals surface area contributed by atoms with Gasteiger partial charge in [0.2, 0.25) is 0 Å². The monoisotopic (exact) mass is 247 g/mol. The molecule has 0 spiro atoms. The van der Waals surface area contributed by atoms with E-state index in [4.69, 9.17) is 0 Å². The first-order chi connectivity index (χ1) is 8.80. The van der Waals surface area contributed by atoms with Gasteiger partial charge >= 0.3 is 0 Å². The van der Waals surface area contributed by atoms with E-state index in [0.29, 0.717) is 0 Å². The molecule has 0 radical (unpaired) electrons. The van der Waals surface area contributed by atoms with Gasteiger partial charge in [-0.15, -0.1) is 0 Å². The van der Waals surface area contributed by atoms with Crippen LogP contribution in [-0.2, 0) is 0 Å². The van der Waals surface area contributed by atoms with Gasteiger partial charge in [-0.05, 0) is 93.0 Å². The Morgan fingerprint density at radius 3 is 2.22 bits per heavy atom. The van der Waals surface area contributed by atoms with E-state index in [1.165, 1.54) is 32.4 Å². The van der Waals surface area contributed by atoms with E-state index in [1.54, 1.807) is 32.1 Å². The lowest BCUT2D eigenvalue weighted by Gasteiger charge is -2.62. The SMILES string of the molecule is CCC12CC3CC(C1)C(C1CCNCC1)C(C3)C2. The molecule has 4 saturated carbocycles. The topological polar surface area (TPSA) is 12.0 Å². The molecule has 5 rings (SSSR count). The van der Waals surface area contributed by atoms with Gasteiger partial charge in [0.15, 0.2) is 0 Å². The molecule has 0 aromatic carbocycles. The molecule has 18 heavy (non-hydrogen) atoms. The van der Waals surface area contributed by atoms with Gasteiger partial charge in [0.05, 0.1) is 0 Å². The number of nitrogens with one attached hydrogen (secondary N) is 1. The minimum absolute atomic E-state index is 0.805. The van der Waals surface area contributed by atoms with Crippen molar-refractivity contribution >= 4 is 0 Å². The van der Waals surface area contributed by atoms with Crippen LogP contribution in [0.1, 0.15) is 58.3 Å². The highest BCUT2D eigenvalue weighted by molar-refractivity contribution is 5.05. The third kappa shape index (κ3) is 1.69. The van der Waals surface area contributed by atoms with Gasteiger partial charge in [0.1, 0.15) is 0 Å². The van der Waals surface area contributed by atoms with Crippen molar-refractivity contribution in [3.8, 4) is 0 Å². The zero-order chi connectivity index (χ0) is 12.2. The molecule has 102 valence electrons. The third-order valence-electron chi connectivity index (χ3n) is 7.15. The molecular formula is C17H29N. The van der Waals surface area contributed by atoms with E-state index in [2.05, 4.69) is 12.2 Å². The third-order valence-corrected chi connectivity index (χ3v) is 7.15. The lowest BCUT2D eigenvalue weighted by Crippen LogP contribution is -2.53. The summed E-state index contributed by atoms with van der Waals surface area (Å²) < 4.78 is 0. The molecule has 4 aliphatic carbocycles. The van der Waals surface area contributed by atoms with Gasteiger partial charge in [-0.25, -0.2) is 0 Å². The van der Waals surface area contributed by atoms with E-state index in [0.717, 1.165) is 35.0 Å². The first-order valence-electron chi connectivity index (χ1n) is 8.50. The van der Waals surface area contributed by atoms with Crippen LogP contribution in [-0.4, -0.2) is 13.1 Å². The van der Waals surface area contributed by atoms with Gasteiger partial charge in [0, 0.05) is 0 Å². The van der Waals surface area contributed by atoms with Crippen molar-refractivity contribution in [2.45, 2.75) is 58.3 Å². The van der Waals surface area contributed by atoms with E-state index >= 15 is 0 Å². The summed E-state index contributed by atoms with van der Waals surface area (Å²) in [6.07, 6.45) is 12.4. The van der Waals surface area contributed by atoms with Crippen LogP contribution in [0.4, 0.5) is 0 Å². The van der Waals surface area contributed by atoms with E-state index in [9.17, 15) is 0 Å². The average molecular weight is 247 g/mol. The maximum absolute atomic E-state index is 3.56. The second-order valence-corrected chi connectivity index (χ2v) is 7.99. The van der Waals surface area contributed by atoms with Crippen molar-refractivity contribution in [3.05, 3.63) is 0 Å². The Kier molecular flexibility index (Phi) is 2.76. The number of piperidine rings is 1. The first-order valence-corrected chi connectivity index (χ1v) is 8.50. The van der Waals surface area contributed by atoms with E-state index in [1.807, 2.05) is 0 Å². The average Bonchev–Trinajstić information content (AvgIpc) is 2.39. The maximum atomic E-state index is 3.56. The maximum Gasteiger partial charge on any atom is -0.00462 e. The Morgan fingerprint density at radius 2 is 1.61 bits per heavy atom. The van der Waals surface area contributed by atoms with Crippen LogP contribution >= 0.6 is 0 Å². The molecule has 2 atom stereocenters. The van der Waals surface area contributed by atoms with Gasteiger partial charge in [0.25, 0.3) is 0 Å². The lowest BCUT2D eigenvalue weighted by atomic mass is 9.43. The van der Waals surface area contributed by atoms with Crippen molar-refractivity contribution < 1.29 is 0 Å². The summed E-state index contributed by atoms with van der Waals surface area (Å²) in [6, 6.07) is 0. The molecule has 4 bridgehead atoms. The van der Waals surface area contributed by atoms with Crippen molar-refractivity contribution in [2.75, 3.05) is 13.1 Å². The van der Waals surface area contributed by atoms with Gasteiger partial charge < -0.3 is 5.32 Å². The van der Waals surface area contributed by atoms with Crippen LogP contribution in [0.5, 0.6) is 0 Å². The predicted molar refractivity (Wildman–Crippen MR) is 75.4 cm³/mol. The number of hydrogen-bond acceptors (Lipinski definition) is 1. The highest BCUT2D eigenvalue weighted by Gasteiger charge is 2.55. The fraction of sp³-hybridized carbons (Fsp3) is 1.00. The van der Waals surface area contributed by atoms with Gasteiger partial charge in [-0.3, -0.25) is 0 Å². The standard InChI is InChI=1S/C17H29N/c1-2-17-9-12-7-14(10-17)16(15(8-12)11-17)13-3-5-18-6-4-13/h12-16,18H,2-11H2,1H3. The van der Waals surface area contributed by atoms with E-state index in [-0.39, 0.29) is 0 Å². The fourth-order valence-electron chi connectivity index (χ4n) is 6.66. The largest absolute Gasteiger partial charge is 0.317 e. The summed E-state index contributed by atoms with van der Waals surface area (Å²) in [5.74, 6) is 5.58. The van der Waals surface area contributed by atoms with Crippen LogP contribution in [0.25, 0.3) is 0 Å². The molecule has 0 amide bonds. The van der Waals surface area contributed by atoms with Crippen LogP contribution in [0.2, 0.25) is 0 Å². The Morgan fingerprint density at radius 1 is 0.944 bits per heavy atom. The molecule has 1 nitrogen and oxygen atoms in total. The summed E-state index contributed by atoms with van der Waals surface area (Å²) in [6.45, 7) is 5.05. The molecule has 5 fully saturated rings. The molecule has 0 aromatic rings. The number of rotatable bonds is 2. The van der Waals surface area contributed by atoms with Crippen molar-refractivity contribution in [3.63, 3.8) is 0 Å². The minimum Gasteiger partial charge on any atom is -0.317 e. The molecule has 1 heterocycles. The van der Waals surface area contributed by atoms with Gasteiger partial charge in [-0.2, -0.15) is 0 Å². The zero-order valence-corrected chi connectivity index (χ0v) is 12.0. The summed E-state index contributed by atoms with van der Waals surface area (Å²) in [5.41, 5.74) is 0.805. The molecule has 1 heteroatoms. The number of hydrogen-bond donors (Lipinski definition) is 1. The van der Waals surface area contributed by atoms with Crippen molar-refractivity contribution in [1.82, 2.24) is 5.32 Å². The molecule has 2 unspecified atom stereocenters. The summed E-state index contributed by atoms with van der Waals surface area (Å²) in [7, 11) is 0. The van der Waals surface area contributed by atoms with Crippen LogP contribution < -0.4 is 5.32 Å². The zero-order valence-electron chi connectivity index (χ0n) is 12.0. The Balaban J connectivity index is 1.56.